The van der Waals surface area contributed by atoms with Gasteiger partial charge in [0.2, 0.25) is 0 Å². The lowest BCUT2D eigenvalue weighted by Crippen LogP contribution is -2.60. The number of hydrogen-bond donors (Lipinski definition) is 0. The van der Waals surface area contributed by atoms with E-state index >= 15 is 0 Å². The van der Waals surface area contributed by atoms with E-state index in [0.29, 0.717) is 21.0 Å². The van der Waals surface area contributed by atoms with E-state index < -0.39 is 29.1 Å². The maximum Gasteiger partial charge on any atom is 0.417 e. The Morgan fingerprint density at radius 3 is 2.36 bits per heavy atom. The summed E-state index contributed by atoms with van der Waals surface area (Å²) in [6, 6.07) is 3.57. The van der Waals surface area contributed by atoms with Crippen LogP contribution < -0.4 is 10.6 Å². The number of alkyl halides is 3. The van der Waals surface area contributed by atoms with Crippen LogP contribution in [0.4, 0.5) is 23.8 Å². The average molecular weight is 625 g/mol. The van der Waals surface area contributed by atoms with Crippen LogP contribution in [0.1, 0.15) is 51.1 Å². The summed E-state index contributed by atoms with van der Waals surface area (Å²) in [5.74, 6) is 0.561. The molecule has 228 valence electrons. The van der Waals surface area contributed by atoms with Crippen LogP contribution >= 0.6 is 23.1 Å². The topological polar surface area (TPSA) is 76.9 Å². The minimum Gasteiger partial charge on any atom is -0.444 e. The fourth-order valence-corrected chi connectivity index (χ4v) is 8.17. The number of thioether (sulfide) groups is 1. The zero-order valence-electron chi connectivity index (χ0n) is 24.7. The predicted octanol–water partition coefficient (Wildman–Crippen LogP) is 6.58. The van der Waals surface area contributed by atoms with E-state index in [1.54, 1.807) is 37.8 Å². The van der Waals surface area contributed by atoms with Crippen molar-refractivity contribution in [3.63, 3.8) is 0 Å². The second-order valence-corrected chi connectivity index (χ2v) is 14.2. The normalized spacial score (nSPS) is 21.2. The summed E-state index contributed by atoms with van der Waals surface area (Å²) in [6.45, 7) is 11.7. The Morgan fingerprint density at radius 2 is 1.81 bits per heavy atom. The Morgan fingerprint density at radius 1 is 1.14 bits per heavy atom. The number of carbonyl (C=O) groups is 1. The summed E-state index contributed by atoms with van der Waals surface area (Å²) >= 11 is 2.61. The Labute approximate surface area is 250 Å². The largest absolute Gasteiger partial charge is 0.444 e. The van der Waals surface area contributed by atoms with Crippen molar-refractivity contribution in [1.82, 2.24) is 14.5 Å². The number of nitrogens with zero attached hydrogens (tertiary/aromatic N) is 4. The average Bonchev–Trinajstić information content (AvgIpc) is 3.29. The Balaban J connectivity index is 1.72. The number of piperazine rings is 1. The van der Waals surface area contributed by atoms with Crippen LogP contribution in [0.15, 0.2) is 27.9 Å². The van der Waals surface area contributed by atoms with E-state index in [4.69, 9.17) is 9.47 Å². The monoisotopic (exact) mass is 624 g/mol. The number of halogens is 3. The molecule has 0 unspecified atom stereocenters. The Kier molecular flexibility index (Phi) is 8.08. The van der Waals surface area contributed by atoms with Crippen molar-refractivity contribution in [3.05, 3.63) is 39.1 Å². The second kappa shape index (κ2) is 11.1. The van der Waals surface area contributed by atoms with Crippen LogP contribution in [0.5, 0.6) is 0 Å². The molecule has 0 N–H and O–H groups in total. The lowest BCUT2D eigenvalue weighted by Gasteiger charge is -2.45. The SMILES string of the molecule is COC[C@H]1CSc2c(-c3ccc(C)s3)c(C(F)(F)F)cc3c(N4C[C@@H](C)N(C(=O)OC(C)(C)C)[C@H](C)C4)nc(=O)n1c23. The summed E-state index contributed by atoms with van der Waals surface area (Å²) in [5, 5.41) is 0.257. The summed E-state index contributed by atoms with van der Waals surface area (Å²) in [4.78, 5) is 36.3. The molecule has 42 heavy (non-hydrogen) atoms. The first-order chi connectivity index (χ1) is 19.6. The van der Waals surface area contributed by atoms with Crippen LogP contribution in [0.3, 0.4) is 0 Å². The molecule has 0 saturated carbocycles. The number of hydrogen-bond acceptors (Lipinski definition) is 8. The van der Waals surface area contributed by atoms with Crippen molar-refractivity contribution in [2.45, 2.75) is 76.3 Å². The molecule has 0 spiro atoms. The Bertz CT molecular complexity index is 1570. The van der Waals surface area contributed by atoms with Gasteiger partial charge in [-0.3, -0.25) is 9.47 Å². The molecule has 0 bridgehead atoms. The summed E-state index contributed by atoms with van der Waals surface area (Å²) in [6.07, 6.45) is -5.10. The van der Waals surface area contributed by atoms with E-state index in [0.717, 1.165) is 10.9 Å². The number of rotatable bonds is 4. The molecule has 1 amide bonds. The number of thiophene rings is 1. The predicted molar refractivity (Wildman–Crippen MR) is 160 cm³/mol. The van der Waals surface area contributed by atoms with Crippen molar-refractivity contribution in [1.29, 1.82) is 0 Å². The third-order valence-electron chi connectivity index (χ3n) is 7.40. The molecule has 0 radical (unpaired) electrons. The van der Waals surface area contributed by atoms with Gasteiger partial charge in [0, 0.05) is 51.6 Å². The lowest BCUT2D eigenvalue weighted by molar-refractivity contribution is -0.137. The van der Waals surface area contributed by atoms with Gasteiger partial charge in [-0.1, -0.05) is 0 Å². The minimum atomic E-state index is -4.64. The van der Waals surface area contributed by atoms with E-state index in [9.17, 15) is 22.8 Å². The molecule has 2 aliphatic rings. The number of anilines is 1. The number of aryl methyl sites for hydroxylation is 1. The minimum absolute atomic E-state index is 0.0933. The highest BCUT2D eigenvalue weighted by Gasteiger charge is 2.41. The third kappa shape index (κ3) is 5.62. The zero-order chi connectivity index (χ0) is 30.7. The standard InChI is InChI=1S/C29H35F3N4O4S2/c1-15-11-34(12-16(2)35(15)27(38)40-28(4,5)6)25-19-10-20(29(30,31)32)22(21-9-8-17(3)42-21)24-23(19)36(26(37)33-25)18(13-39-7)14-41-24/h8-10,15-16,18H,11-14H2,1-7H3/t15-,16-,18+/m1/s1. The van der Waals surface area contributed by atoms with Gasteiger partial charge in [-0.15, -0.1) is 23.1 Å². The third-order valence-corrected chi connectivity index (χ3v) is 9.66. The Hall–Kier alpha value is -2.77. The number of ether oxygens (including phenoxy) is 2. The second-order valence-electron chi connectivity index (χ2n) is 11.9. The fraction of sp³-hybridized carbons (Fsp3) is 0.552. The van der Waals surface area contributed by atoms with Crippen molar-refractivity contribution in [2.75, 3.05) is 37.5 Å². The van der Waals surface area contributed by atoms with Crippen LogP contribution in [-0.4, -0.2) is 70.8 Å². The highest BCUT2D eigenvalue weighted by atomic mass is 32.2. The summed E-state index contributed by atoms with van der Waals surface area (Å²) in [5.41, 5.74) is -1.44. The van der Waals surface area contributed by atoms with Crippen molar-refractivity contribution >= 4 is 45.9 Å². The van der Waals surface area contributed by atoms with Gasteiger partial charge < -0.3 is 14.4 Å². The van der Waals surface area contributed by atoms with Crippen LogP contribution in [0.25, 0.3) is 21.3 Å². The molecule has 2 aliphatic heterocycles. The zero-order valence-corrected chi connectivity index (χ0v) is 26.3. The maximum atomic E-state index is 14.8. The molecule has 2 aromatic heterocycles. The highest BCUT2D eigenvalue weighted by molar-refractivity contribution is 7.99. The smallest absolute Gasteiger partial charge is 0.417 e. The van der Waals surface area contributed by atoms with Crippen molar-refractivity contribution in [3.8, 4) is 10.4 Å². The number of aromatic nitrogens is 2. The molecular formula is C29H35F3N4O4S2. The number of amides is 1. The molecule has 5 rings (SSSR count). The quantitative estimate of drug-likeness (QED) is 0.325. The molecule has 3 atom stereocenters. The maximum absolute atomic E-state index is 14.8. The molecule has 8 nitrogen and oxygen atoms in total. The van der Waals surface area contributed by atoms with E-state index in [2.05, 4.69) is 4.98 Å². The van der Waals surface area contributed by atoms with Crippen LogP contribution in [0.2, 0.25) is 0 Å². The molecule has 13 heteroatoms. The molecule has 1 aromatic carbocycles. The van der Waals surface area contributed by atoms with Crippen molar-refractivity contribution < 1.29 is 27.4 Å². The highest BCUT2D eigenvalue weighted by Crippen LogP contribution is 2.51. The van der Waals surface area contributed by atoms with Crippen LogP contribution in [0, 0.1) is 6.92 Å². The first-order valence-electron chi connectivity index (χ1n) is 13.8. The van der Waals surface area contributed by atoms with E-state index in [-0.39, 0.29) is 54.6 Å². The summed E-state index contributed by atoms with van der Waals surface area (Å²) in [7, 11) is 1.53. The molecule has 3 aromatic rings. The fourth-order valence-electron chi connectivity index (χ4n) is 5.85. The van der Waals surface area contributed by atoms with Crippen LogP contribution in [-0.2, 0) is 15.7 Å². The van der Waals surface area contributed by atoms with Gasteiger partial charge in [0.25, 0.3) is 0 Å². The molecule has 4 heterocycles. The van der Waals surface area contributed by atoms with Gasteiger partial charge in [0.1, 0.15) is 11.4 Å². The molecular weight excluding hydrogens is 589 g/mol. The lowest BCUT2D eigenvalue weighted by atomic mass is 10.00. The van der Waals surface area contributed by atoms with Gasteiger partial charge in [-0.2, -0.15) is 18.2 Å². The molecule has 1 saturated heterocycles. The van der Waals surface area contributed by atoms with Gasteiger partial charge in [0.05, 0.1) is 35.8 Å². The van der Waals surface area contributed by atoms with E-state index in [1.807, 2.05) is 25.7 Å². The van der Waals surface area contributed by atoms with Crippen molar-refractivity contribution in [2.24, 2.45) is 0 Å². The van der Waals surface area contributed by atoms with Gasteiger partial charge in [-0.05, 0) is 59.7 Å². The number of carbonyl (C=O) groups excluding carboxylic acids is 1. The van der Waals surface area contributed by atoms with E-state index in [1.165, 1.54) is 34.8 Å². The molecule has 1 fully saturated rings. The summed E-state index contributed by atoms with van der Waals surface area (Å²) < 4.78 is 56.8. The van der Waals surface area contributed by atoms with Gasteiger partial charge in [0.15, 0.2) is 0 Å². The number of benzene rings is 1. The van der Waals surface area contributed by atoms with Gasteiger partial charge >= 0.3 is 18.0 Å². The van der Waals surface area contributed by atoms with Gasteiger partial charge in [-0.25, -0.2) is 9.59 Å². The molecule has 0 aliphatic carbocycles. The number of methoxy groups -OCH3 is 1. The first-order valence-corrected chi connectivity index (χ1v) is 15.6. The first kappa shape index (κ1) is 30.7.